The summed E-state index contributed by atoms with van der Waals surface area (Å²) in [5, 5.41) is 0. The Labute approximate surface area is 63.0 Å². The van der Waals surface area contributed by atoms with Crippen LogP contribution in [-0.4, -0.2) is 0 Å². The predicted molar refractivity (Wildman–Crippen MR) is 41.6 cm³/mol. The Hall–Kier alpha value is 0. The molecule has 0 aromatic carbocycles. The fourth-order valence-corrected chi connectivity index (χ4v) is 4.05. The molecule has 0 amide bonds. The largest absolute Gasteiger partial charge is 0.0651 e. The van der Waals surface area contributed by atoms with E-state index in [1.165, 1.54) is 24.2 Å². The quantitative estimate of drug-likeness (QED) is 0.547. The van der Waals surface area contributed by atoms with E-state index in [-0.39, 0.29) is 0 Å². The maximum absolute atomic E-state index is 2.47. The molecule has 0 spiro atoms. The Morgan fingerprint density at radius 2 is 2.40 bits per heavy atom. The molecule has 0 radical (unpaired) electrons. The highest BCUT2D eigenvalue weighted by atomic mass is 14.9. The Morgan fingerprint density at radius 3 is 2.70 bits per heavy atom. The van der Waals surface area contributed by atoms with Crippen molar-refractivity contribution in [2.45, 2.75) is 33.1 Å². The highest BCUT2D eigenvalue weighted by Crippen LogP contribution is 2.88. The van der Waals surface area contributed by atoms with Gasteiger partial charge in [0.05, 0.1) is 0 Å². The lowest BCUT2D eigenvalue weighted by Gasteiger charge is -2.36. The van der Waals surface area contributed by atoms with Gasteiger partial charge in [-0.1, -0.05) is 20.3 Å². The molecule has 0 aromatic rings. The average molecular weight is 136 g/mol. The van der Waals surface area contributed by atoms with Crippen molar-refractivity contribution in [3.63, 3.8) is 0 Å². The van der Waals surface area contributed by atoms with Crippen LogP contribution in [0, 0.1) is 29.1 Å². The summed E-state index contributed by atoms with van der Waals surface area (Å²) in [6, 6.07) is 0. The molecule has 3 saturated carbocycles. The van der Waals surface area contributed by atoms with E-state index in [2.05, 4.69) is 13.8 Å². The Bertz CT molecular complexity index is 178. The summed E-state index contributed by atoms with van der Waals surface area (Å²) in [4.78, 5) is 0. The van der Waals surface area contributed by atoms with Crippen LogP contribution in [0.4, 0.5) is 0 Å². The molecule has 5 atom stereocenters. The minimum Gasteiger partial charge on any atom is -0.0651 e. The fourth-order valence-electron chi connectivity index (χ4n) is 4.05. The van der Waals surface area contributed by atoms with Crippen LogP contribution >= 0.6 is 0 Å². The van der Waals surface area contributed by atoms with E-state index >= 15 is 0 Å². The SMILES string of the molecule is CCC(C)C12CC3CC1C32. The average Bonchev–Trinajstić information content (AvgIpc) is 2.35. The van der Waals surface area contributed by atoms with Crippen molar-refractivity contribution in [2.75, 3.05) is 0 Å². The monoisotopic (exact) mass is 136 g/mol. The Morgan fingerprint density at radius 1 is 1.60 bits per heavy atom. The van der Waals surface area contributed by atoms with Crippen molar-refractivity contribution in [1.82, 2.24) is 0 Å². The number of hydrogen-bond acceptors (Lipinski definition) is 0. The van der Waals surface area contributed by atoms with Crippen molar-refractivity contribution in [3.8, 4) is 0 Å². The minimum atomic E-state index is 0.930. The number of fused-ring (bicyclic) bond motifs is 1. The molecule has 5 unspecified atom stereocenters. The first-order valence-corrected chi connectivity index (χ1v) is 4.80. The molecule has 0 heteroatoms. The molecule has 0 bridgehead atoms. The summed E-state index contributed by atoms with van der Waals surface area (Å²) >= 11 is 0. The minimum absolute atomic E-state index is 0.930. The third-order valence-corrected chi connectivity index (χ3v) is 4.85. The highest BCUT2D eigenvalue weighted by Gasteiger charge is 2.82. The van der Waals surface area contributed by atoms with Gasteiger partial charge < -0.3 is 0 Å². The summed E-state index contributed by atoms with van der Waals surface area (Å²) in [6.07, 6.45) is 4.63. The maximum Gasteiger partial charge on any atom is -0.0204 e. The van der Waals surface area contributed by atoms with Gasteiger partial charge >= 0.3 is 0 Å². The van der Waals surface area contributed by atoms with E-state index in [0.29, 0.717) is 0 Å². The fraction of sp³-hybridized carbons (Fsp3) is 1.00. The second-order valence-electron chi connectivity index (χ2n) is 4.75. The second-order valence-corrected chi connectivity index (χ2v) is 4.75. The smallest absolute Gasteiger partial charge is 0.0204 e. The molecular formula is C10H16. The van der Waals surface area contributed by atoms with Crippen LogP contribution in [0.25, 0.3) is 0 Å². The van der Waals surface area contributed by atoms with Crippen LogP contribution in [0.3, 0.4) is 0 Å². The van der Waals surface area contributed by atoms with E-state index in [1.54, 1.807) is 12.8 Å². The van der Waals surface area contributed by atoms with E-state index in [9.17, 15) is 0 Å². The van der Waals surface area contributed by atoms with E-state index in [1.807, 2.05) is 0 Å². The van der Waals surface area contributed by atoms with Crippen LogP contribution in [-0.2, 0) is 0 Å². The van der Waals surface area contributed by atoms with Crippen molar-refractivity contribution in [3.05, 3.63) is 0 Å². The van der Waals surface area contributed by atoms with Crippen molar-refractivity contribution >= 4 is 0 Å². The van der Waals surface area contributed by atoms with Gasteiger partial charge in [0.25, 0.3) is 0 Å². The number of hydrogen-bond donors (Lipinski definition) is 0. The van der Waals surface area contributed by atoms with Crippen LogP contribution in [0.2, 0.25) is 0 Å². The normalized spacial score (nSPS) is 63.6. The summed E-state index contributed by atoms with van der Waals surface area (Å²) in [7, 11) is 0. The molecule has 0 heterocycles. The van der Waals surface area contributed by atoms with Gasteiger partial charge in [0.2, 0.25) is 0 Å². The molecule has 0 saturated heterocycles. The van der Waals surface area contributed by atoms with Crippen molar-refractivity contribution in [2.24, 2.45) is 29.1 Å². The van der Waals surface area contributed by atoms with Gasteiger partial charge in [0.15, 0.2) is 0 Å². The first-order chi connectivity index (χ1) is 4.80. The highest BCUT2D eigenvalue weighted by molar-refractivity contribution is 5.30. The molecule has 0 nitrogen and oxygen atoms in total. The third-order valence-electron chi connectivity index (χ3n) is 4.85. The lowest BCUT2D eigenvalue weighted by Crippen LogP contribution is -2.29. The van der Waals surface area contributed by atoms with Gasteiger partial charge in [0.1, 0.15) is 0 Å². The second kappa shape index (κ2) is 1.31. The summed E-state index contributed by atoms with van der Waals surface area (Å²) in [6.45, 7) is 4.82. The van der Waals surface area contributed by atoms with Crippen LogP contribution in [0.1, 0.15) is 33.1 Å². The van der Waals surface area contributed by atoms with Gasteiger partial charge in [-0.2, -0.15) is 0 Å². The van der Waals surface area contributed by atoms with Crippen molar-refractivity contribution in [1.29, 1.82) is 0 Å². The first-order valence-electron chi connectivity index (χ1n) is 4.80. The summed E-state index contributed by atoms with van der Waals surface area (Å²) in [5.74, 6) is 4.70. The summed E-state index contributed by atoms with van der Waals surface area (Å²) in [5.41, 5.74) is 0.930. The molecule has 0 aliphatic heterocycles. The zero-order valence-electron chi connectivity index (χ0n) is 6.93. The lowest BCUT2D eigenvalue weighted by molar-refractivity contribution is 0.126. The van der Waals surface area contributed by atoms with Crippen LogP contribution < -0.4 is 0 Å². The van der Waals surface area contributed by atoms with Crippen molar-refractivity contribution < 1.29 is 0 Å². The van der Waals surface area contributed by atoms with Gasteiger partial charge in [-0.3, -0.25) is 0 Å². The van der Waals surface area contributed by atoms with E-state index in [4.69, 9.17) is 0 Å². The molecule has 3 aliphatic carbocycles. The topological polar surface area (TPSA) is 0 Å². The maximum atomic E-state index is 2.47. The third kappa shape index (κ3) is 0.320. The van der Waals surface area contributed by atoms with Crippen LogP contribution in [0.5, 0.6) is 0 Å². The molecule has 3 fully saturated rings. The molecule has 3 aliphatic rings. The zero-order chi connectivity index (χ0) is 6.93. The van der Waals surface area contributed by atoms with Gasteiger partial charge in [-0.25, -0.2) is 0 Å². The zero-order valence-corrected chi connectivity index (χ0v) is 6.93. The molecule has 0 aromatic heterocycles. The van der Waals surface area contributed by atoms with E-state index < -0.39 is 0 Å². The molecule has 56 valence electrons. The molecule has 3 rings (SSSR count). The van der Waals surface area contributed by atoms with Gasteiger partial charge in [0, 0.05) is 0 Å². The number of rotatable bonds is 2. The summed E-state index contributed by atoms with van der Waals surface area (Å²) < 4.78 is 0. The van der Waals surface area contributed by atoms with Crippen LogP contribution in [0.15, 0.2) is 0 Å². The predicted octanol–water partition coefficient (Wildman–Crippen LogP) is 2.69. The molecular weight excluding hydrogens is 120 g/mol. The first kappa shape index (κ1) is 5.62. The Kier molecular flexibility index (Phi) is 0.735. The molecule has 10 heavy (non-hydrogen) atoms. The molecule has 0 N–H and O–H groups in total. The van der Waals surface area contributed by atoms with E-state index in [0.717, 1.165) is 11.3 Å². The Balaban J connectivity index is 1.84. The van der Waals surface area contributed by atoms with Gasteiger partial charge in [-0.15, -0.1) is 0 Å². The lowest BCUT2D eigenvalue weighted by atomic mass is 9.69. The standard InChI is InChI=1S/C10H16/c1-3-6(2)10-5-7-4-8(10)9(7)10/h6-9H,3-5H2,1-2H3. The van der Waals surface area contributed by atoms with Gasteiger partial charge in [-0.05, 0) is 41.9 Å².